The maximum Gasteiger partial charge on any atom is 0.238 e. The molecule has 4 aromatic rings. The third-order valence-corrected chi connectivity index (χ3v) is 4.74. The van der Waals surface area contributed by atoms with Crippen LogP contribution in [0.25, 0.3) is 5.82 Å². The number of hydrogen-bond acceptors (Lipinski definition) is 6. The number of hydrogen-bond donors (Lipinski definition) is 1. The summed E-state index contributed by atoms with van der Waals surface area (Å²) in [6.07, 6.45) is 0.277. The average molecular weight is 429 g/mol. The van der Waals surface area contributed by atoms with Crippen LogP contribution >= 0.6 is 0 Å². The van der Waals surface area contributed by atoms with Gasteiger partial charge in [-0.1, -0.05) is 12.1 Å². The lowest BCUT2D eigenvalue weighted by Crippen LogP contribution is -2.14. The van der Waals surface area contributed by atoms with Crippen LogP contribution in [0.15, 0.2) is 66.7 Å². The minimum atomic E-state index is -0.102. The molecule has 0 saturated heterocycles. The van der Waals surface area contributed by atoms with E-state index in [4.69, 9.17) is 9.47 Å². The van der Waals surface area contributed by atoms with Gasteiger partial charge in [-0.3, -0.25) is 4.79 Å². The van der Waals surface area contributed by atoms with Crippen LogP contribution in [0.5, 0.6) is 17.4 Å². The highest BCUT2D eigenvalue weighted by Gasteiger charge is 2.08. The zero-order valence-corrected chi connectivity index (χ0v) is 18.1. The Bertz CT molecular complexity index is 1200. The van der Waals surface area contributed by atoms with Gasteiger partial charge in [0.1, 0.15) is 11.5 Å². The Morgan fingerprint density at radius 3 is 2.25 bits per heavy atom. The van der Waals surface area contributed by atoms with Gasteiger partial charge in [-0.05, 0) is 67.9 Å². The van der Waals surface area contributed by atoms with Crippen molar-refractivity contribution < 1.29 is 14.3 Å². The van der Waals surface area contributed by atoms with Crippen molar-refractivity contribution in [2.45, 2.75) is 20.3 Å². The van der Waals surface area contributed by atoms with Crippen molar-refractivity contribution in [2.75, 3.05) is 12.4 Å². The number of benzene rings is 2. The fourth-order valence-electron chi connectivity index (χ4n) is 3.20. The maximum atomic E-state index is 12.3. The zero-order chi connectivity index (χ0) is 22.5. The Morgan fingerprint density at radius 2 is 1.66 bits per heavy atom. The molecule has 0 unspecified atom stereocenters. The predicted molar refractivity (Wildman–Crippen MR) is 120 cm³/mol. The number of aryl methyl sites for hydroxylation is 2. The molecule has 2 aromatic heterocycles. The maximum absolute atomic E-state index is 12.3. The summed E-state index contributed by atoms with van der Waals surface area (Å²) in [6, 6.07) is 20.0. The molecule has 0 radical (unpaired) electrons. The van der Waals surface area contributed by atoms with Gasteiger partial charge in [0.15, 0.2) is 5.82 Å². The van der Waals surface area contributed by atoms with Gasteiger partial charge in [-0.15, -0.1) is 10.2 Å². The minimum absolute atomic E-state index is 0.102. The number of anilines is 1. The quantitative estimate of drug-likeness (QED) is 0.472. The molecule has 8 nitrogen and oxygen atoms in total. The monoisotopic (exact) mass is 429 g/mol. The molecule has 0 aliphatic heterocycles. The topological polar surface area (TPSA) is 91.2 Å². The second-order valence-corrected chi connectivity index (χ2v) is 7.27. The van der Waals surface area contributed by atoms with Gasteiger partial charge >= 0.3 is 0 Å². The fourth-order valence-corrected chi connectivity index (χ4v) is 3.20. The molecule has 162 valence electrons. The van der Waals surface area contributed by atoms with Crippen molar-refractivity contribution >= 4 is 11.6 Å². The van der Waals surface area contributed by atoms with Crippen LogP contribution < -0.4 is 14.8 Å². The fraction of sp³-hybridized carbons (Fsp3) is 0.167. The number of ether oxygens (including phenoxy) is 2. The molecule has 4 rings (SSSR count). The van der Waals surface area contributed by atoms with Crippen molar-refractivity contribution in [1.29, 1.82) is 0 Å². The molecule has 0 bridgehead atoms. The van der Waals surface area contributed by atoms with Crippen molar-refractivity contribution in [3.05, 3.63) is 83.7 Å². The summed E-state index contributed by atoms with van der Waals surface area (Å²) in [6.45, 7) is 3.89. The van der Waals surface area contributed by atoms with Crippen LogP contribution in [0.3, 0.4) is 0 Å². The highest BCUT2D eigenvalue weighted by atomic mass is 16.5. The van der Waals surface area contributed by atoms with Crippen LogP contribution in [-0.4, -0.2) is 33.0 Å². The molecule has 0 aliphatic rings. The summed E-state index contributed by atoms with van der Waals surface area (Å²) in [5.74, 6) is 2.24. The second-order valence-electron chi connectivity index (χ2n) is 7.27. The smallest absolute Gasteiger partial charge is 0.238 e. The largest absolute Gasteiger partial charge is 0.497 e. The molecule has 0 aliphatic carbocycles. The van der Waals surface area contributed by atoms with Gasteiger partial charge in [0.2, 0.25) is 11.8 Å². The van der Waals surface area contributed by atoms with E-state index >= 15 is 0 Å². The molecule has 1 amide bonds. The Kier molecular flexibility index (Phi) is 6.12. The first-order valence-electron chi connectivity index (χ1n) is 10.1. The number of amides is 1. The van der Waals surface area contributed by atoms with Crippen molar-refractivity contribution in [3.8, 4) is 23.2 Å². The third kappa shape index (κ3) is 5.10. The minimum Gasteiger partial charge on any atom is -0.497 e. The zero-order valence-electron chi connectivity index (χ0n) is 18.1. The van der Waals surface area contributed by atoms with Gasteiger partial charge in [-0.25, -0.2) is 4.68 Å². The first-order valence-corrected chi connectivity index (χ1v) is 10.1. The van der Waals surface area contributed by atoms with Gasteiger partial charge < -0.3 is 14.8 Å². The van der Waals surface area contributed by atoms with Gasteiger partial charge in [-0.2, -0.15) is 5.10 Å². The van der Waals surface area contributed by atoms with E-state index in [-0.39, 0.29) is 12.3 Å². The number of carbonyl (C=O) groups excluding carboxylic acids is 1. The number of nitrogens with zero attached hydrogens (tertiary/aromatic N) is 4. The summed E-state index contributed by atoms with van der Waals surface area (Å²) < 4.78 is 12.6. The molecule has 0 saturated carbocycles. The molecule has 0 atom stereocenters. The van der Waals surface area contributed by atoms with E-state index in [1.807, 2.05) is 44.2 Å². The van der Waals surface area contributed by atoms with Crippen LogP contribution in [0.1, 0.15) is 17.0 Å². The average Bonchev–Trinajstić information content (AvgIpc) is 3.14. The summed E-state index contributed by atoms with van der Waals surface area (Å²) in [5, 5.41) is 15.6. The standard InChI is InChI=1S/C24H23N5O3/c1-16-14-17(2)29(28-16)22-12-13-24(27-26-22)32-21-10-6-19(7-11-21)25-23(30)15-18-4-8-20(31-3)9-5-18/h4-14H,15H2,1-3H3,(H,25,30). The Balaban J connectivity index is 1.34. The van der Waals surface area contributed by atoms with E-state index in [9.17, 15) is 4.79 Å². The number of carbonyl (C=O) groups is 1. The highest BCUT2D eigenvalue weighted by molar-refractivity contribution is 5.92. The first-order chi connectivity index (χ1) is 15.5. The summed E-state index contributed by atoms with van der Waals surface area (Å²) in [4.78, 5) is 12.3. The number of methoxy groups -OCH3 is 1. The molecule has 2 heterocycles. The lowest BCUT2D eigenvalue weighted by molar-refractivity contribution is -0.115. The van der Waals surface area contributed by atoms with Crippen molar-refractivity contribution in [1.82, 2.24) is 20.0 Å². The number of rotatable bonds is 7. The van der Waals surface area contributed by atoms with E-state index in [0.717, 1.165) is 22.7 Å². The van der Waals surface area contributed by atoms with E-state index in [0.29, 0.717) is 23.1 Å². The normalized spacial score (nSPS) is 10.6. The Morgan fingerprint density at radius 1 is 0.938 bits per heavy atom. The van der Waals surface area contributed by atoms with E-state index < -0.39 is 0 Å². The summed E-state index contributed by atoms with van der Waals surface area (Å²) in [7, 11) is 1.61. The van der Waals surface area contributed by atoms with Crippen LogP contribution in [0.2, 0.25) is 0 Å². The van der Waals surface area contributed by atoms with E-state index in [1.165, 1.54) is 0 Å². The van der Waals surface area contributed by atoms with Gasteiger partial charge in [0.25, 0.3) is 0 Å². The van der Waals surface area contributed by atoms with Gasteiger partial charge in [0, 0.05) is 17.4 Å². The lowest BCUT2D eigenvalue weighted by Gasteiger charge is -2.08. The Hall–Kier alpha value is -4.20. The molecule has 32 heavy (non-hydrogen) atoms. The molecule has 8 heteroatoms. The van der Waals surface area contributed by atoms with Crippen LogP contribution in [-0.2, 0) is 11.2 Å². The molecule has 2 aromatic carbocycles. The summed E-state index contributed by atoms with van der Waals surface area (Å²) in [5.41, 5.74) is 3.49. The van der Waals surface area contributed by atoms with E-state index in [2.05, 4.69) is 20.6 Å². The summed E-state index contributed by atoms with van der Waals surface area (Å²) >= 11 is 0. The van der Waals surface area contributed by atoms with Gasteiger partial charge in [0.05, 0.1) is 19.2 Å². The molecule has 1 N–H and O–H groups in total. The highest BCUT2D eigenvalue weighted by Crippen LogP contribution is 2.22. The third-order valence-electron chi connectivity index (χ3n) is 4.74. The predicted octanol–water partition coefficient (Wildman–Crippen LogP) is 4.26. The molecule has 0 fully saturated rings. The van der Waals surface area contributed by atoms with Crippen molar-refractivity contribution in [3.63, 3.8) is 0 Å². The van der Waals surface area contributed by atoms with Crippen molar-refractivity contribution in [2.24, 2.45) is 0 Å². The Labute approximate surface area is 185 Å². The van der Waals surface area contributed by atoms with Crippen LogP contribution in [0, 0.1) is 13.8 Å². The molecular formula is C24H23N5O3. The first kappa shape index (κ1) is 21.0. The van der Waals surface area contributed by atoms with Crippen LogP contribution in [0.4, 0.5) is 5.69 Å². The number of nitrogens with one attached hydrogen (secondary N) is 1. The number of aromatic nitrogens is 4. The van der Waals surface area contributed by atoms with E-state index in [1.54, 1.807) is 48.2 Å². The lowest BCUT2D eigenvalue weighted by atomic mass is 10.1. The second kappa shape index (κ2) is 9.30. The molecular weight excluding hydrogens is 406 g/mol. The SMILES string of the molecule is COc1ccc(CC(=O)Nc2ccc(Oc3ccc(-n4nc(C)cc4C)nn3)cc2)cc1. The molecule has 0 spiro atoms.